The van der Waals surface area contributed by atoms with E-state index in [-0.39, 0.29) is 29.7 Å². The first-order valence-electron chi connectivity index (χ1n) is 9.69. The van der Waals surface area contributed by atoms with Gasteiger partial charge in [-0.15, -0.1) is 10.2 Å². The zero-order valence-corrected chi connectivity index (χ0v) is 16.3. The maximum absolute atomic E-state index is 14.7. The van der Waals surface area contributed by atoms with Gasteiger partial charge in [-0.3, -0.25) is 9.59 Å². The van der Waals surface area contributed by atoms with Crippen molar-refractivity contribution < 1.29 is 40.3 Å². The van der Waals surface area contributed by atoms with Crippen molar-refractivity contribution in [3.63, 3.8) is 0 Å². The number of nitrogens with zero attached hydrogens (tertiary/aromatic N) is 3. The molecule has 1 aromatic heterocycles. The van der Waals surface area contributed by atoms with E-state index in [1.54, 1.807) is 0 Å². The van der Waals surface area contributed by atoms with E-state index in [9.17, 15) is 35.9 Å². The minimum atomic E-state index is -5.07. The maximum Gasteiger partial charge on any atom is 0.471 e. The smallest absolute Gasteiger partial charge is 0.415 e. The lowest BCUT2D eigenvalue weighted by Gasteiger charge is -2.38. The average Bonchev–Trinajstić information content (AvgIpc) is 3.34. The summed E-state index contributed by atoms with van der Waals surface area (Å²) in [5, 5.41) is 8.54. The summed E-state index contributed by atoms with van der Waals surface area (Å²) >= 11 is 0. The molecule has 2 aliphatic rings. The Bertz CT molecular complexity index is 1050. The lowest BCUT2D eigenvalue weighted by molar-refractivity contribution is -0.175. The number of alkyl halides is 5. The molecule has 0 spiro atoms. The number of hydrogen-bond donors (Lipinski definition) is 1. The third kappa shape index (κ3) is 4.02. The molecule has 1 N–H and O–H groups in total. The van der Waals surface area contributed by atoms with Crippen molar-refractivity contribution in [3.05, 3.63) is 35.0 Å². The Balaban J connectivity index is 1.60. The first kappa shape index (κ1) is 22.1. The summed E-state index contributed by atoms with van der Waals surface area (Å²) in [6, 6.07) is 0.479. The molecule has 1 aromatic carbocycles. The van der Waals surface area contributed by atoms with Crippen LogP contribution < -0.4 is 5.32 Å². The zero-order valence-electron chi connectivity index (χ0n) is 16.3. The molecule has 7 nitrogen and oxygen atoms in total. The predicted octanol–water partition coefficient (Wildman–Crippen LogP) is 3.76. The van der Waals surface area contributed by atoms with Gasteiger partial charge in [0.2, 0.25) is 5.89 Å². The molecule has 0 bridgehead atoms. The molecule has 13 heteroatoms. The molecule has 32 heavy (non-hydrogen) atoms. The molecular formula is C19H16F6N4O3. The van der Waals surface area contributed by atoms with Crippen LogP contribution >= 0.6 is 0 Å². The van der Waals surface area contributed by atoms with Crippen molar-refractivity contribution >= 4 is 11.8 Å². The fraction of sp³-hybridized carbons (Fsp3) is 0.474. The molecule has 0 unspecified atom stereocenters. The number of carbonyl (C=O) groups is 2. The van der Waals surface area contributed by atoms with Gasteiger partial charge < -0.3 is 14.6 Å². The van der Waals surface area contributed by atoms with E-state index in [1.165, 1.54) is 11.0 Å². The number of nitrogens with one attached hydrogen (secondary N) is 1. The molecule has 2 atom stereocenters. The summed E-state index contributed by atoms with van der Waals surface area (Å²) < 4.78 is 83.0. The second-order valence-corrected chi connectivity index (χ2v) is 7.59. The number of benzene rings is 1. The van der Waals surface area contributed by atoms with Gasteiger partial charge in [-0.2, -0.15) is 22.0 Å². The Kier molecular flexibility index (Phi) is 5.59. The Labute approximate surface area is 176 Å². The summed E-state index contributed by atoms with van der Waals surface area (Å²) in [6.45, 7) is -0.199. The van der Waals surface area contributed by atoms with Crippen molar-refractivity contribution in [2.45, 2.75) is 56.9 Å². The molecule has 4 rings (SSSR count). The summed E-state index contributed by atoms with van der Waals surface area (Å²) in [4.78, 5) is 25.7. The molecule has 1 aliphatic carbocycles. The Morgan fingerprint density at radius 1 is 1.19 bits per heavy atom. The van der Waals surface area contributed by atoms with E-state index in [4.69, 9.17) is 4.42 Å². The number of hydrogen-bond acceptors (Lipinski definition) is 5. The summed E-state index contributed by atoms with van der Waals surface area (Å²) in [5.74, 6) is -4.93. The molecule has 172 valence electrons. The van der Waals surface area contributed by atoms with Crippen LogP contribution in [0.15, 0.2) is 16.5 Å². The Morgan fingerprint density at radius 2 is 1.91 bits per heavy atom. The highest BCUT2D eigenvalue weighted by Gasteiger charge is 2.44. The summed E-state index contributed by atoms with van der Waals surface area (Å²) in [6.07, 6.45) is -6.34. The first-order valence-corrected chi connectivity index (χ1v) is 9.69. The standard InChI is InChI=1S/C19H16F6N4O3/c20-11-6-8(15-27-28-16(32-15)14(21)22)5-9-10(11)7-29(17(9)30)13-4-2-1-3-12(13)26-18(31)19(23,24)25/h5-6,12-14H,1-4,7H2,(H,26,31)/t12-,13-/m1/s1. The van der Waals surface area contributed by atoms with Gasteiger partial charge in [0.1, 0.15) is 5.82 Å². The van der Waals surface area contributed by atoms with Crippen LogP contribution in [0, 0.1) is 5.82 Å². The zero-order chi connectivity index (χ0) is 23.2. The van der Waals surface area contributed by atoms with Crippen LogP contribution in [0.1, 0.15) is 53.9 Å². The van der Waals surface area contributed by atoms with E-state index < -0.39 is 54.1 Å². The third-order valence-electron chi connectivity index (χ3n) is 5.59. The predicted molar refractivity (Wildman–Crippen MR) is 94.8 cm³/mol. The quantitative estimate of drug-likeness (QED) is 0.700. The SMILES string of the molecule is O=C1c2cc(-c3nnc(C(F)F)o3)cc(F)c2CN1[C@@H]1CCCC[C@H]1NC(=O)C(F)(F)F. The highest BCUT2D eigenvalue weighted by atomic mass is 19.4. The summed E-state index contributed by atoms with van der Waals surface area (Å²) in [7, 11) is 0. The topological polar surface area (TPSA) is 88.3 Å². The van der Waals surface area contributed by atoms with Crippen molar-refractivity contribution in [1.82, 2.24) is 20.4 Å². The molecule has 1 saturated carbocycles. The third-order valence-corrected chi connectivity index (χ3v) is 5.59. The van der Waals surface area contributed by atoms with Gasteiger partial charge in [0.25, 0.3) is 11.8 Å². The van der Waals surface area contributed by atoms with Crippen molar-refractivity contribution in [1.29, 1.82) is 0 Å². The van der Waals surface area contributed by atoms with Gasteiger partial charge in [0.15, 0.2) is 0 Å². The van der Waals surface area contributed by atoms with E-state index >= 15 is 0 Å². The van der Waals surface area contributed by atoms with Crippen LogP contribution in [-0.2, 0) is 11.3 Å². The number of amides is 2. The number of rotatable bonds is 4. The van der Waals surface area contributed by atoms with Gasteiger partial charge in [0, 0.05) is 22.7 Å². The highest BCUT2D eigenvalue weighted by Crippen LogP contribution is 2.35. The number of fused-ring (bicyclic) bond motifs is 1. The fourth-order valence-electron chi connectivity index (χ4n) is 4.12. The molecule has 0 radical (unpaired) electrons. The second kappa shape index (κ2) is 8.10. The molecule has 1 aliphatic heterocycles. The van der Waals surface area contributed by atoms with Crippen molar-refractivity contribution in [2.75, 3.05) is 0 Å². The van der Waals surface area contributed by atoms with Gasteiger partial charge in [-0.05, 0) is 25.0 Å². The maximum atomic E-state index is 14.7. The van der Waals surface area contributed by atoms with Crippen molar-refractivity contribution in [3.8, 4) is 11.5 Å². The fourth-order valence-corrected chi connectivity index (χ4v) is 4.12. The minimum absolute atomic E-state index is 0.0128. The lowest BCUT2D eigenvalue weighted by Crippen LogP contribution is -2.55. The van der Waals surface area contributed by atoms with Gasteiger partial charge in [-0.25, -0.2) is 4.39 Å². The highest BCUT2D eigenvalue weighted by molar-refractivity contribution is 5.99. The van der Waals surface area contributed by atoms with Crippen LogP contribution in [0.5, 0.6) is 0 Å². The van der Waals surface area contributed by atoms with Crippen LogP contribution in [0.3, 0.4) is 0 Å². The molecule has 2 aromatic rings. The van der Waals surface area contributed by atoms with Gasteiger partial charge in [0.05, 0.1) is 12.6 Å². The largest absolute Gasteiger partial charge is 0.471 e. The van der Waals surface area contributed by atoms with E-state index in [0.29, 0.717) is 19.3 Å². The molecule has 2 heterocycles. The number of carbonyl (C=O) groups excluding carboxylic acids is 2. The van der Waals surface area contributed by atoms with E-state index in [0.717, 1.165) is 6.07 Å². The number of halogens is 6. The van der Waals surface area contributed by atoms with Crippen LogP contribution in [0.2, 0.25) is 0 Å². The second-order valence-electron chi connectivity index (χ2n) is 7.59. The van der Waals surface area contributed by atoms with Gasteiger partial charge in [-0.1, -0.05) is 12.8 Å². The monoisotopic (exact) mass is 462 g/mol. The van der Waals surface area contributed by atoms with Crippen LogP contribution in [0.25, 0.3) is 11.5 Å². The normalized spacial score (nSPS) is 21.2. The van der Waals surface area contributed by atoms with Crippen molar-refractivity contribution in [2.24, 2.45) is 0 Å². The van der Waals surface area contributed by atoms with E-state index in [2.05, 4.69) is 10.2 Å². The molecule has 0 saturated heterocycles. The van der Waals surface area contributed by atoms with Crippen LogP contribution in [0.4, 0.5) is 26.3 Å². The van der Waals surface area contributed by atoms with Crippen LogP contribution in [-0.4, -0.2) is 45.2 Å². The van der Waals surface area contributed by atoms with E-state index in [1.807, 2.05) is 5.32 Å². The minimum Gasteiger partial charge on any atom is -0.415 e. The van der Waals surface area contributed by atoms with Gasteiger partial charge >= 0.3 is 18.5 Å². The molecular weight excluding hydrogens is 446 g/mol. The Hall–Kier alpha value is -3.12. The summed E-state index contributed by atoms with van der Waals surface area (Å²) in [5.41, 5.74) is -0.150. The number of aromatic nitrogens is 2. The lowest BCUT2D eigenvalue weighted by atomic mass is 9.89. The molecule has 1 fully saturated rings. The molecule has 2 amide bonds. The average molecular weight is 462 g/mol. The first-order chi connectivity index (χ1) is 15.1. The Morgan fingerprint density at radius 3 is 2.56 bits per heavy atom.